The fourth-order valence-electron chi connectivity index (χ4n) is 1.18. The number of hydrogen-bond donors (Lipinski definition) is 1. The largest absolute Gasteiger partial charge is 0.314 e. The van der Waals surface area contributed by atoms with Crippen molar-refractivity contribution in [3.05, 3.63) is 60.8 Å². The van der Waals surface area contributed by atoms with Gasteiger partial charge in [-0.3, -0.25) is 0 Å². The molecule has 0 amide bonds. The molecule has 0 saturated carbocycles. The summed E-state index contributed by atoms with van der Waals surface area (Å²) in [6.45, 7) is 15.5. The van der Waals surface area contributed by atoms with E-state index in [2.05, 4.69) is 38.9 Å². The molecule has 0 aliphatic heterocycles. The molecule has 0 saturated heterocycles. The second-order valence-electron chi connectivity index (χ2n) is 3.41. The Morgan fingerprint density at radius 3 is 2.00 bits per heavy atom. The summed E-state index contributed by atoms with van der Waals surface area (Å²) in [7, 11) is 1.94. The van der Waals surface area contributed by atoms with Gasteiger partial charge >= 0.3 is 0 Å². The van der Waals surface area contributed by atoms with Gasteiger partial charge in [-0.25, -0.2) is 0 Å². The van der Waals surface area contributed by atoms with Gasteiger partial charge in [0.05, 0.1) is 0 Å². The smallest absolute Gasteiger partial charge is 0.0254 e. The molecule has 0 heterocycles. The molecule has 82 valence electrons. The van der Waals surface area contributed by atoms with Crippen LogP contribution in [-0.2, 0) is 0 Å². The average molecular weight is 203 g/mol. The van der Waals surface area contributed by atoms with Crippen LogP contribution in [0.15, 0.2) is 60.8 Å². The van der Waals surface area contributed by atoms with Gasteiger partial charge in [0.2, 0.25) is 0 Å². The summed E-state index contributed by atoms with van der Waals surface area (Å²) < 4.78 is 0. The number of likely N-dealkylation sites (N-methyl/N-ethyl adjacent to an activating group) is 1. The third-order valence-corrected chi connectivity index (χ3v) is 2.55. The summed E-state index contributed by atoms with van der Waals surface area (Å²) >= 11 is 0. The Kier molecular flexibility index (Phi) is 6.39. The Labute approximate surface area is 93.6 Å². The van der Waals surface area contributed by atoms with Crippen LogP contribution in [0.4, 0.5) is 0 Å². The first kappa shape index (κ1) is 13.7. The highest BCUT2D eigenvalue weighted by Crippen LogP contribution is 2.14. The third kappa shape index (κ3) is 4.13. The normalized spacial score (nSPS) is 13.5. The van der Waals surface area contributed by atoms with Crippen molar-refractivity contribution in [3.8, 4) is 0 Å². The van der Waals surface area contributed by atoms with Gasteiger partial charge in [-0.15, -0.1) is 0 Å². The Bertz CT molecular complexity index is 295. The van der Waals surface area contributed by atoms with E-state index in [1.165, 1.54) is 5.57 Å². The Morgan fingerprint density at radius 2 is 1.67 bits per heavy atom. The zero-order valence-electron chi connectivity index (χ0n) is 10.0. The van der Waals surface area contributed by atoms with Crippen molar-refractivity contribution in [2.75, 3.05) is 7.05 Å². The topological polar surface area (TPSA) is 12.0 Å². The fourth-order valence-corrected chi connectivity index (χ4v) is 1.18. The molecule has 1 nitrogen and oxygen atoms in total. The van der Waals surface area contributed by atoms with Gasteiger partial charge in [0, 0.05) is 6.04 Å². The highest BCUT2D eigenvalue weighted by atomic mass is 14.9. The van der Waals surface area contributed by atoms with Gasteiger partial charge in [0.15, 0.2) is 0 Å². The van der Waals surface area contributed by atoms with Gasteiger partial charge in [-0.05, 0) is 43.7 Å². The van der Waals surface area contributed by atoms with Gasteiger partial charge in [-0.2, -0.15) is 0 Å². The lowest BCUT2D eigenvalue weighted by Gasteiger charge is -2.13. The van der Waals surface area contributed by atoms with Crippen molar-refractivity contribution >= 4 is 0 Å². The Morgan fingerprint density at radius 1 is 1.13 bits per heavy atom. The standard InChI is InChI=1S/C14H21N/c1-7-13(8-2)10-14(9-3)11(4)12(5)15-6/h7-10,12,15H,1-3H2,4-6H3/b14-11+. The first-order chi connectivity index (χ1) is 7.10. The Balaban J connectivity index is 5.21. The van der Waals surface area contributed by atoms with Crippen LogP contribution < -0.4 is 5.32 Å². The van der Waals surface area contributed by atoms with Crippen LogP contribution in [-0.4, -0.2) is 13.1 Å². The molecule has 1 unspecified atom stereocenters. The molecule has 0 aliphatic rings. The summed E-state index contributed by atoms with van der Waals surface area (Å²) in [5, 5.41) is 3.20. The molecule has 1 heteroatoms. The van der Waals surface area contributed by atoms with Crippen LogP contribution in [0.3, 0.4) is 0 Å². The monoisotopic (exact) mass is 203 g/mol. The van der Waals surface area contributed by atoms with Crippen LogP contribution in [0.25, 0.3) is 0 Å². The van der Waals surface area contributed by atoms with Crippen LogP contribution >= 0.6 is 0 Å². The van der Waals surface area contributed by atoms with Crippen molar-refractivity contribution in [2.45, 2.75) is 19.9 Å². The molecule has 1 N–H and O–H groups in total. The highest BCUT2D eigenvalue weighted by Gasteiger charge is 2.03. The molecule has 0 rings (SSSR count). The number of rotatable bonds is 6. The minimum absolute atomic E-state index is 0.338. The van der Waals surface area contributed by atoms with Crippen molar-refractivity contribution in [3.63, 3.8) is 0 Å². The maximum absolute atomic E-state index is 3.82. The van der Waals surface area contributed by atoms with Gasteiger partial charge in [-0.1, -0.05) is 38.0 Å². The molecule has 1 atom stereocenters. The zero-order chi connectivity index (χ0) is 11.8. The average Bonchev–Trinajstić information content (AvgIpc) is 2.29. The quantitative estimate of drug-likeness (QED) is 0.652. The maximum atomic E-state index is 3.82. The number of allylic oxidation sites excluding steroid dienone is 6. The van der Waals surface area contributed by atoms with E-state index in [4.69, 9.17) is 0 Å². The minimum Gasteiger partial charge on any atom is -0.314 e. The SMILES string of the molecule is C=CC(C=C)=C/C(C=C)=C(\C)C(C)NC. The van der Waals surface area contributed by atoms with Crippen molar-refractivity contribution in [1.29, 1.82) is 0 Å². The summed E-state index contributed by atoms with van der Waals surface area (Å²) in [5.74, 6) is 0. The second kappa shape index (κ2) is 7.02. The lowest BCUT2D eigenvalue weighted by atomic mass is 10.0. The number of nitrogens with one attached hydrogen (secondary N) is 1. The molecule has 0 aromatic carbocycles. The van der Waals surface area contributed by atoms with E-state index in [9.17, 15) is 0 Å². The van der Waals surface area contributed by atoms with E-state index in [0.29, 0.717) is 6.04 Å². The molecular formula is C14H21N. The molecule has 0 spiro atoms. The lowest BCUT2D eigenvalue weighted by molar-refractivity contribution is 0.689. The number of hydrogen-bond acceptors (Lipinski definition) is 1. The maximum Gasteiger partial charge on any atom is 0.0254 e. The van der Waals surface area contributed by atoms with Crippen molar-refractivity contribution in [2.24, 2.45) is 0 Å². The van der Waals surface area contributed by atoms with E-state index in [-0.39, 0.29) is 0 Å². The van der Waals surface area contributed by atoms with E-state index >= 15 is 0 Å². The van der Waals surface area contributed by atoms with Crippen LogP contribution in [0.1, 0.15) is 13.8 Å². The molecular weight excluding hydrogens is 182 g/mol. The van der Waals surface area contributed by atoms with Crippen LogP contribution in [0.5, 0.6) is 0 Å². The van der Waals surface area contributed by atoms with E-state index in [1.807, 2.05) is 19.2 Å². The highest BCUT2D eigenvalue weighted by molar-refractivity contribution is 5.43. The van der Waals surface area contributed by atoms with Gasteiger partial charge < -0.3 is 5.32 Å². The van der Waals surface area contributed by atoms with E-state index in [1.54, 1.807) is 12.2 Å². The summed E-state index contributed by atoms with van der Waals surface area (Å²) in [5.41, 5.74) is 3.38. The third-order valence-electron chi connectivity index (χ3n) is 2.55. The predicted octanol–water partition coefficient (Wildman–Crippen LogP) is 3.40. The molecule has 0 aromatic heterocycles. The lowest BCUT2D eigenvalue weighted by Crippen LogP contribution is -2.23. The summed E-state index contributed by atoms with van der Waals surface area (Å²) in [4.78, 5) is 0. The second-order valence-corrected chi connectivity index (χ2v) is 3.41. The summed E-state index contributed by atoms with van der Waals surface area (Å²) in [6.07, 6.45) is 7.47. The first-order valence-electron chi connectivity index (χ1n) is 5.07. The molecule has 0 bridgehead atoms. The molecule has 15 heavy (non-hydrogen) atoms. The first-order valence-corrected chi connectivity index (χ1v) is 5.07. The van der Waals surface area contributed by atoms with E-state index in [0.717, 1.165) is 11.1 Å². The van der Waals surface area contributed by atoms with Crippen molar-refractivity contribution < 1.29 is 0 Å². The van der Waals surface area contributed by atoms with E-state index < -0.39 is 0 Å². The van der Waals surface area contributed by atoms with Crippen LogP contribution in [0, 0.1) is 0 Å². The fraction of sp³-hybridized carbons (Fsp3) is 0.286. The molecule has 0 radical (unpaired) electrons. The predicted molar refractivity (Wildman–Crippen MR) is 69.9 cm³/mol. The zero-order valence-corrected chi connectivity index (χ0v) is 10.0. The molecule has 0 fully saturated rings. The summed E-state index contributed by atoms with van der Waals surface area (Å²) in [6, 6.07) is 0.338. The van der Waals surface area contributed by atoms with Gasteiger partial charge in [0.25, 0.3) is 0 Å². The molecule has 0 aliphatic carbocycles. The van der Waals surface area contributed by atoms with Gasteiger partial charge in [0.1, 0.15) is 0 Å². The minimum atomic E-state index is 0.338. The van der Waals surface area contributed by atoms with Crippen molar-refractivity contribution in [1.82, 2.24) is 5.32 Å². The van der Waals surface area contributed by atoms with Crippen LogP contribution in [0.2, 0.25) is 0 Å². The molecule has 0 aromatic rings. The Hall–Kier alpha value is -1.34.